The standard InChI is InChI=1S/C14H14BrClN2O2/c1-20-8-7-18-6-2-3-13(18)14(19)17-12-5-4-10(16)9-11(12)15/h2-6,9H,7-8H2,1H3,(H,17,19). The maximum absolute atomic E-state index is 12.3. The van der Waals surface area contributed by atoms with Crippen LogP contribution in [0.1, 0.15) is 10.5 Å². The van der Waals surface area contributed by atoms with Gasteiger partial charge in [-0.15, -0.1) is 0 Å². The maximum Gasteiger partial charge on any atom is 0.272 e. The van der Waals surface area contributed by atoms with E-state index < -0.39 is 0 Å². The molecule has 2 aromatic rings. The fourth-order valence-corrected chi connectivity index (χ4v) is 2.56. The zero-order valence-electron chi connectivity index (χ0n) is 10.9. The number of hydrogen-bond acceptors (Lipinski definition) is 2. The lowest BCUT2D eigenvalue weighted by Crippen LogP contribution is -2.18. The van der Waals surface area contributed by atoms with Crippen LogP contribution in [0.3, 0.4) is 0 Å². The molecule has 0 radical (unpaired) electrons. The molecule has 0 unspecified atom stereocenters. The van der Waals surface area contributed by atoms with E-state index in [-0.39, 0.29) is 5.91 Å². The highest BCUT2D eigenvalue weighted by Gasteiger charge is 2.12. The Morgan fingerprint density at radius 1 is 1.45 bits per heavy atom. The Morgan fingerprint density at radius 3 is 2.95 bits per heavy atom. The lowest BCUT2D eigenvalue weighted by molar-refractivity contribution is 0.101. The number of benzene rings is 1. The molecule has 0 saturated carbocycles. The van der Waals surface area contributed by atoms with E-state index in [1.807, 2.05) is 16.8 Å². The first kappa shape index (κ1) is 15.1. The van der Waals surface area contributed by atoms with Gasteiger partial charge in [0.2, 0.25) is 0 Å². The van der Waals surface area contributed by atoms with Crippen molar-refractivity contribution in [2.45, 2.75) is 6.54 Å². The minimum atomic E-state index is -0.172. The second kappa shape index (κ2) is 6.92. The van der Waals surface area contributed by atoms with Gasteiger partial charge in [0, 0.05) is 29.3 Å². The quantitative estimate of drug-likeness (QED) is 0.884. The van der Waals surface area contributed by atoms with Crippen LogP contribution >= 0.6 is 27.5 Å². The van der Waals surface area contributed by atoms with Crippen molar-refractivity contribution in [1.29, 1.82) is 0 Å². The van der Waals surface area contributed by atoms with Crippen molar-refractivity contribution in [2.75, 3.05) is 19.0 Å². The van der Waals surface area contributed by atoms with E-state index in [1.54, 1.807) is 31.4 Å². The number of halogens is 2. The number of methoxy groups -OCH3 is 1. The summed E-state index contributed by atoms with van der Waals surface area (Å²) in [5.74, 6) is -0.172. The molecule has 4 nitrogen and oxygen atoms in total. The second-order valence-corrected chi connectivity index (χ2v) is 5.45. The van der Waals surface area contributed by atoms with Gasteiger partial charge >= 0.3 is 0 Å². The first-order valence-corrected chi connectivity index (χ1v) is 7.19. The van der Waals surface area contributed by atoms with E-state index >= 15 is 0 Å². The molecular formula is C14H14BrClN2O2. The van der Waals surface area contributed by atoms with Crippen LogP contribution in [0.5, 0.6) is 0 Å². The summed E-state index contributed by atoms with van der Waals surface area (Å²) in [5.41, 5.74) is 1.27. The molecule has 106 valence electrons. The smallest absolute Gasteiger partial charge is 0.272 e. The number of carbonyl (C=O) groups is 1. The topological polar surface area (TPSA) is 43.3 Å². The van der Waals surface area contributed by atoms with Gasteiger partial charge in [0.25, 0.3) is 5.91 Å². The first-order valence-electron chi connectivity index (χ1n) is 6.02. The Labute approximate surface area is 130 Å². The predicted molar refractivity (Wildman–Crippen MR) is 83.4 cm³/mol. The molecule has 1 N–H and O–H groups in total. The van der Waals surface area contributed by atoms with Gasteiger partial charge in [0.15, 0.2) is 0 Å². The molecule has 1 aromatic heterocycles. The molecule has 2 rings (SSSR count). The summed E-state index contributed by atoms with van der Waals surface area (Å²) in [6, 6.07) is 8.83. The van der Waals surface area contributed by atoms with Crippen molar-refractivity contribution in [2.24, 2.45) is 0 Å². The third-order valence-electron chi connectivity index (χ3n) is 2.78. The van der Waals surface area contributed by atoms with E-state index in [1.165, 1.54) is 0 Å². The van der Waals surface area contributed by atoms with Crippen LogP contribution in [0.4, 0.5) is 5.69 Å². The summed E-state index contributed by atoms with van der Waals surface area (Å²) in [5, 5.41) is 3.46. The van der Waals surface area contributed by atoms with Crippen molar-refractivity contribution < 1.29 is 9.53 Å². The maximum atomic E-state index is 12.3. The van der Waals surface area contributed by atoms with Crippen LogP contribution in [0, 0.1) is 0 Å². The molecule has 1 heterocycles. The van der Waals surface area contributed by atoms with Crippen LogP contribution in [-0.4, -0.2) is 24.2 Å². The second-order valence-electron chi connectivity index (χ2n) is 4.16. The summed E-state index contributed by atoms with van der Waals surface area (Å²) in [6.45, 7) is 1.19. The molecule has 0 atom stereocenters. The fourth-order valence-electron chi connectivity index (χ4n) is 1.78. The summed E-state index contributed by atoms with van der Waals surface area (Å²) in [7, 11) is 1.63. The molecule has 0 spiro atoms. The Bertz CT molecular complexity index is 613. The summed E-state index contributed by atoms with van der Waals surface area (Å²) in [6.07, 6.45) is 1.85. The molecule has 0 aliphatic carbocycles. The molecule has 1 amide bonds. The number of nitrogens with zero attached hydrogens (tertiary/aromatic N) is 1. The minimum Gasteiger partial charge on any atom is -0.383 e. The van der Waals surface area contributed by atoms with Crippen molar-refractivity contribution in [3.63, 3.8) is 0 Å². The average molecular weight is 358 g/mol. The normalized spacial score (nSPS) is 10.6. The third-order valence-corrected chi connectivity index (χ3v) is 3.67. The monoisotopic (exact) mass is 356 g/mol. The summed E-state index contributed by atoms with van der Waals surface area (Å²) in [4.78, 5) is 12.3. The van der Waals surface area contributed by atoms with Gasteiger partial charge in [0.1, 0.15) is 5.69 Å². The van der Waals surface area contributed by atoms with Crippen molar-refractivity contribution in [3.05, 3.63) is 51.7 Å². The SMILES string of the molecule is COCCn1cccc1C(=O)Nc1ccc(Cl)cc1Br. The number of anilines is 1. The van der Waals surface area contributed by atoms with Crippen LogP contribution < -0.4 is 5.32 Å². The lowest BCUT2D eigenvalue weighted by atomic mass is 10.3. The van der Waals surface area contributed by atoms with Gasteiger partial charge in [-0.25, -0.2) is 0 Å². The van der Waals surface area contributed by atoms with Gasteiger partial charge in [-0.3, -0.25) is 4.79 Å². The molecule has 0 aliphatic rings. The summed E-state index contributed by atoms with van der Waals surface area (Å²) >= 11 is 9.25. The highest BCUT2D eigenvalue weighted by atomic mass is 79.9. The summed E-state index contributed by atoms with van der Waals surface area (Å²) < 4.78 is 7.62. The van der Waals surface area contributed by atoms with Gasteiger partial charge in [0.05, 0.1) is 12.3 Å². The van der Waals surface area contributed by atoms with E-state index in [0.29, 0.717) is 29.6 Å². The molecular weight excluding hydrogens is 344 g/mol. The van der Waals surface area contributed by atoms with Crippen molar-refractivity contribution >= 4 is 39.1 Å². The number of nitrogens with one attached hydrogen (secondary N) is 1. The van der Waals surface area contributed by atoms with E-state index in [2.05, 4.69) is 21.2 Å². The molecule has 1 aromatic carbocycles. The molecule has 20 heavy (non-hydrogen) atoms. The molecule has 0 aliphatic heterocycles. The largest absolute Gasteiger partial charge is 0.383 e. The van der Waals surface area contributed by atoms with E-state index in [0.717, 1.165) is 4.47 Å². The molecule has 0 fully saturated rings. The zero-order valence-corrected chi connectivity index (χ0v) is 13.2. The van der Waals surface area contributed by atoms with Crippen LogP contribution in [0.25, 0.3) is 0 Å². The van der Waals surface area contributed by atoms with Gasteiger partial charge in [-0.05, 0) is 46.3 Å². The van der Waals surface area contributed by atoms with Crippen molar-refractivity contribution in [3.8, 4) is 0 Å². The van der Waals surface area contributed by atoms with E-state index in [9.17, 15) is 4.79 Å². The van der Waals surface area contributed by atoms with Gasteiger partial charge < -0.3 is 14.6 Å². The minimum absolute atomic E-state index is 0.172. The fraction of sp³-hybridized carbons (Fsp3) is 0.214. The number of amides is 1. The van der Waals surface area contributed by atoms with Gasteiger partial charge in [-0.2, -0.15) is 0 Å². The Morgan fingerprint density at radius 2 is 2.25 bits per heavy atom. The Balaban J connectivity index is 2.14. The lowest BCUT2D eigenvalue weighted by Gasteiger charge is -2.10. The van der Waals surface area contributed by atoms with E-state index in [4.69, 9.17) is 16.3 Å². The van der Waals surface area contributed by atoms with Crippen LogP contribution in [0.2, 0.25) is 5.02 Å². The third kappa shape index (κ3) is 3.62. The highest BCUT2D eigenvalue weighted by molar-refractivity contribution is 9.10. The van der Waals surface area contributed by atoms with Crippen molar-refractivity contribution in [1.82, 2.24) is 4.57 Å². The number of ether oxygens (including phenoxy) is 1. The van der Waals surface area contributed by atoms with Crippen LogP contribution in [0.15, 0.2) is 41.0 Å². The number of hydrogen-bond donors (Lipinski definition) is 1. The Hall–Kier alpha value is -1.30. The highest BCUT2D eigenvalue weighted by Crippen LogP contribution is 2.26. The van der Waals surface area contributed by atoms with Gasteiger partial charge in [-0.1, -0.05) is 11.6 Å². The molecule has 6 heteroatoms. The number of rotatable bonds is 5. The number of carbonyl (C=O) groups excluding carboxylic acids is 1. The predicted octanol–water partition coefficient (Wildman–Crippen LogP) is 3.80. The Kier molecular flexibility index (Phi) is 5.23. The van der Waals surface area contributed by atoms with Crippen LogP contribution in [-0.2, 0) is 11.3 Å². The number of aromatic nitrogens is 1. The average Bonchev–Trinajstić information content (AvgIpc) is 2.88. The molecule has 0 saturated heterocycles. The molecule has 0 bridgehead atoms. The first-order chi connectivity index (χ1) is 9.61. The zero-order chi connectivity index (χ0) is 14.5.